The lowest BCUT2D eigenvalue weighted by atomic mass is 9.78. The molecule has 1 N–H and O–H groups in total. The van der Waals surface area contributed by atoms with Crippen LogP contribution in [0, 0.1) is 0 Å². The number of unbranched alkanes of at least 4 members (excludes halogenated alkanes) is 3. The summed E-state index contributed by atoms with van der Waals surface area (Å²) in [5.74, 6) is 0. The SMILES string of the molecule is CCCCCCC(C)N1CC2(CCCCC2)NCC1CC. The predicted octanol–water partition coefficient (Wildman–Crippen LogP) is 4.73. The van der Waals surface area contributed by atoms with Crippen LogP contribution in [0.4, 0.5) is 0 Å². The van der Waals surface area contributed by atoms with Gasteiger partial charge in [-0.1, -0.05) is 58.8 Å². The van der Waals surface area contributed by atoms with Gasteiger partial charge in [-0.3, -0.25) is 4.90 Å². The third kappa shape index (κ3) is 4.69. The van der Waals surface area contributed by atoms with E-state index in [-0.39, 0.29) is 0 Å². The van der Waals surface area contributed by atoms with Gasteiger partial charge in [0.25, 0.3) is 0 Å². The van der Waals surface area contributed by atoms with Crippen molar-refractivity contribution in [3.8, 4) is 0 Å². The van der Waals surface area contributed by atoms with Crippen LogP contribution in [0.15, 0.2) is 0 Å². The van der Waals surface area contributed by atoms with Gasteiger partial charge in [-0.05, 0) is 32.6 Å². The first kappa shape index (κ1) is 17.3. The molecule has 2 rings (SSSR count). The molecule has 2 aliphatic rings. The summed E-state index contributed by atoms with van der Waals surface area (Å²) in [6.45, 7) is 9.67. The zero-order chi connectivity index (χ0) is 15.1. The molecular formula is C19H38N2. The van der Waals surface area contributed by atoms with Crippen LogP contribution in [-0.4, -0.2) is 35.6 Å². The summed E-state index contributed by atoms with van der Waals surface area (Å²) >= 11 is 0. The topological polar surface area (TPSA) is 15.3 Å². The highest BCUT2D eigenvalue weighted by molar-refractivity contribution is 5.00. The molecule has 1 aliphatic carbocycles. The molecule has 0 amide bonds. The van der Waals surface area contributed by atoms with Gasteiger partial charge in [0.05, 0.1) is 0 Å². The highest BCUT2D eigenvalue weighted by Crippen LogP contribution is 2.33. The van der Waals surface area contributed by atoms with E-state index in [1.807, 2.05) is 0 Å². The summed E-state index contributed by atoms with van der Waals surface area (Å²) < 4.78 is 0. The summed E-state index contributed by atoms with van der Waals surface area (Å²) in [4.78, 5) is 2.87. The second-order valence-corrected chi connectivity index (χ2v) is 7.65. The normalized spacial score (nSPS) is 27.9. The molecule has 1 spiro atoms. The minimum absolute atomic E-state index is 0.460. The number of piperazine rings is 1. The first-order valence-corrected chi connectivity index (χ1v) is 9.71. The molecule has 2 unspecified atom stereocenters. The smallest absolute Gasteiger partial charge is 0.0309 e. The van der Waals surface area contributed by atoms with Gasteiger partial charge in [-0.15, -0.1) is 0 Å². The van der Waals surface area contributed by atoms with Crippen LogP contribution in [-0.2, 0) is 0 Å². The van der Waals surface area contributed by atoms with Gasteiger partial charge >= 0.3 is 0 Å². The van der Waals surface area contributed by atoms with E-state index in [9.17, 15) is 0 Å². The zero-order valence-corrected chi connectivity index (χ0v) is 14.8. The summed E-state index contributed by atoms with van der Waals surface area (Å²) in [5, 5.41) is 3.96. The third-order valence-corrected chi connectivity index (χ3v) is 5.99. The highest BCUT2D eigenvalue weighted by atomic mass is 15.3. The molecule has 0 aromatic rings. The van der Waals surface area contributed by atoms with E-state index in [0.717, 1.165) is 12.1 Å². The Morgan fingerprint density at radius 2 is 1.86 bits per heavy atom. The molecule has 0 aromatic heterocycles. The van der Waals surface area contributed by atoms with Crippen molar-refractivity contribution in [2.75, 3.05) is 13.1 Å². The third-order valence-electron chi connectivity index (χ3n) is 5.99. The van der Waals surface area contributed by atoms with E-state index in [1.165, 1.54) is 83.7 Å². The quantitative estimate of drug-likeness (QED) is 0.683. The lowest BCUT2D eigenvalue weighted by molar-refractivity contribution is 0.0244. The minimum atomic E-state index is 0.460. The molecule has 21 heavy (non-hydrogen) atoms. The number of nitrogens with zero attached hydrogens (tertiary/aromatic N) is 1. The Labute approximate surface area is 133 Å². The van der Waals surface area contributed by atoms with E-state index in [4.69, 9.17) is 0 Å². The van der Waals surface area contributed by atoms with Crippen LogP contribution >= 0.6 is 0 Å². The first-order chi connectivity index (χ1) is 10.2. The average Bonchev–Trinajstić information content (AvgIpc) is 2.52. The lowest BCUT2D eigenvalue weighted by Crippen LogP contribution is -2.66. The second-order valence-electron chi connectivity index (χ2n) is 7.65. The van der Waals surface area contributed by atoms with Crippen molar-refractivity contribution in [3.63, 3.8) is 0 Å². The highest BCUT2D eigenvalue weighted by Gasteiger charge is 2.40. The molecule has 1 heterocycles. The molecule has 1 aliphatic heterocycles. The van der Waals surface area contributed by atoms with Crippen LogP contribution < -0.4 is 5.32 Å². The van der Waals surface area contributed by atoms with Gasteiger partial charge in [0, 0.05) is 30.7 Å². The number of rotatable bonds is 7. The summed E-state index contributed by atoms with van der Waals surface area (Å²) in [5.41, 5.74) is 0.460. The van der Waals surface area contributed by atoms with Gasteiger partial charge in [-0.25, -0.2) is 0 Å². The molecule has 2 nitrogen and oxygen atoms in total. The standard InChI is InChI=1S/C19H38N2/c1-4-6-7-9-12-17(3)21-16-19(13-10-8-11-14-19)20-15-18(21)5-2/h17-18,20H,4-16H2,1-3H3. The van der Waals surface area contributed by atoms with E-state index < -0.39 is 0 Å². The molecule has 2 fully saturated rings. The molecule has 1 saturated heterocycles. The second kappa shape index (κ2) is 8.53. The Balaban J connectivity index is 1.89. The molecule has 0 radical (unpaired) electrons. The fourth-order valence-electron chi connectivity index (χ4n) is 4.48. The lowest BCUT2D eigenvalue weighted by Gasteiger charge is -2.51. The van der Waals surface area contributed by atoms with Gasteiger partial charge in [0.15, 0.2) is 0 Å². The molecule has 124 valence electrons. The average molecular weight is 295 g/mol. The zero-order valence-electron chi connectivity index (χ0n) is 14.8. The minimum Gasteiger partial charge on any atom is -0.308 e. The fraction of sp³-hybridized carbons (Fsp3) is 1.00. The Morgan fingerprint density at radius 1 is 1.10 bits per heavy atom. The monoisotopic (exact) mass is 294 g/mol. The maximum Gasteiger partial charge on any atom is 0.0309 e. The van der Waals surface area contributed by atoms with Crippen molar-refractivity contribution in [3.05, 3.63) is 0 Å². The maximum absolute atomic E-state index is 3.96. The van der Waals surface area contributed by atoms with Crippen molar-refractivity contribution in [1.82, 2.24) is 10.2 Å². The van der Waals surface area contributed by atoms with Crippen LogP contribution in [0.5, 0.6) is 0 Å². The van der Waals surface area contributed by atoms with E-state index in [0.29, 0.717) is 5.54 Å². The van der Waals surface area contributed by atoms with Gasteiger partial charge < -0.3 is 5.32 Å². The van der Waals surface area contributed by atoms with Crippen molar-refractivity contribution < 1.29 is 0 Å². The number of nitrogens with one attached hydrogen (secondary N) is 1. The van der Waals surface area contributed by atoms with Crippen molar-refractivity contribution >= 4 is 0 Å². The van der Waals surface area contributed by atoms with Crippen LogP contribution in [0.25, 0.3) is 0 Å². The van der Waals surface area contributed by atoms with Crippen LogP contribution in [0.1, 0.15) is 91.4 Å². The predicted molar refractivity (Wildman–Crippen MR) is 92.8 cm³/mol. The Bertz CT molecular complexity index is 283. The Morgan fingerprint density at radius 3 is 2.52 bits per heavy atom. The largest absolute Gasteiger partial charge is 0.308 e. The summed E-state index contributed by atoms with van der Waals surface area (Å²) in [7, 11) is 0. The molecule has 2 heteroatoms. The summed E-state index contributed by atoms with van der Waals surface area (Å²) in [6.07, 6.45) is 15.4. The molecular weight excluding hydrogens is 256 g/mol. The van der Waals surface area contributed by atoms with Crippen LogP contribution in [0.2, 0.25) is 0 Å². The molecule has 0 bridgehead atoms. The Kier molecular flexibility index (Phi) is 7.01. The van der Waals surface area contributed by atoms with E-state index >= 15 is 0 Å². The summed E-state index contributed by atoms with van der Waals surface area (Å²) in [6, 6.07) is 1.53. The van der Waals surface area contributed by atoms with Gasteiger partial charge in [0.1, 0.15) is 0 Å². The molecule has 2 atom stereocenters. The maximum atomic E-state index is 3.96. The van der Waals surface area contributed by atoms with Crippen LogP contribution in [0.3, 0.4) is 0 Å². The van der Waals surface area contributed by atoms with E-state index in [1.54, 1.807) is 0 Å². The van der Waals surface area contributed by atoms with E-state index in [2.05, 4.69) is 31.0 Å². The number of hydrogen-bond acceptors (Lipinski definition) is 2. The fourth-order valence-corrected chi connectivity index (χ4v) is 4.48. The number of hydrogen-bond donors (Lipinski definition) is 1. The van der Waals surface area contributed by atoms with Crippen molar-refractivity contribution in [2.45, 2.75) is 109 Å². The van der Waals surface area contributed by atoms with Crippen molar-refractivity contribution in [1.29, 1.82) is 0 Å². The molecule has 1 saturated carbocycles. The van der Waals surface area contributed by atoms with Crippen molar-refractivity contribution in [2.24, 2.45) is 0 Å². The van der Waals surface area contributed by atoms with Gasteiger partial charge in [0.2, 0.25) is 0 Å². The molecule has 0 aromatic carbocycles. The van der Waals surface area contributed by atoms with Gasteiger partial charge in [-0.2, -0.15) is 0 Å². The first-order valence-electron chi connectivity index (χ1n) is 9.71. The Hall–Kier alpha value is -0.0800.